The van der Waals surface area contributed by atoms with Gasteiger partial charge in [0.05, 0.1) is 11.9 Å². The molecule has 1 atom stereocenters. The van der Waals surface area contributed by atoms with E-state index >= 15 is 0 Å². The lowest BCUT2D eigenvalue weighted by Gasteiger charge is -2.31. The highest BCUT2D eigenvalue weighted by Crippen LogP contribution is 2.23. The van der Waals surface area contributed by atoms with Crippen LogP contribution in [0.1, 0.15) is 37.8 Å². The Morgan fingerprint density at radius 1 is 1.03 bits per heavy atom. The summed E-state index contributed by atoms with van der Waals surface area (Å²) < 4.78 is 26.1. The third kappa shape index (κ3) is 6.46. The van der Waals surface area contributed by atoms with Crippen LogP contribution in [0.15, 0.2) is 48.5 Å². The third-order valence-corrected chi connectivity index (χ3v) is 6.75. The average molecular weight is 480 g/mol. The van der Waals surface area contributed by atoms with E-state index in [1.54, 1.807) is 43.3 Å². The minimum Gasteiger partial charge on any atom is -0.357 e. The topological polar surface area (TPSA) is 86.8 Å². The van der Waals surface area contributed by atoms with E-state index in [0.29, 0.717) is 16.3 Å². The highest BCUT2D eigenvalue weighted by Gasteiger charge is 2.30. The molecular weight excluding hydrogens is 450 g/mol. The number of hydrogen-bond donors (Lipinski definition) is 1. The summed E-state index contributed by atoms with van der Waals surface area (Å²) in [5.41, 5.74) is 2.10. The fourth-order valence-electron chi connectivity index (χ4n) is 3.24. The normalized spacial score (nSPS) is 12.3. The molecule has 0 aliphatic carbocycles. The summed E-state index contributed by atoms with van der Waals surface area (Å²) in [6, 6.07) is 13.2. The second kappa shape index (κ2) is 10.8. The van der Waals surface area contributed by atoms with Crippen molar-refractivity contribution in [1.29, 1.82) is 0 Å². The number of halogens is 1. The molecule has 0 aliphatic heterocycles. The lowest BCUT2D eigenvalue weighted by molar-refractivity contribution is -0.139. The molecule has 2 rings (SSSR count). The van der Waals surface area contributed by atoms with Gasteiger partial charge in [0.15, 0.2) is 0 Å². The first-order valence-electron chi connectivity index (χ1n) is 10.3. The first-order chi connectivity index (χ1) is 15.0. The van der Waals surface area contributed by atoms with Gasteiger partial charge in [-0.3, -0.25) is 13.9 Å². The van der Waals surface area contributed by atoms with Gasteiger partial charge in [-0.2, -0.15) is 0 Å². The molecular formula is C23H30ClN3O4S. The maximum Gasteiger partial charge on any atom is 0.244 e. The predicted octanol–water partition coefficient (Wildman–Crippen LogP) is 3.39. The van der Waals surface area contributed by atoms with E-state index in [1.807, 2.05) is 26.0 Å². The minimum atomic E-state index is -3.75. The molecule has 0 spiro atoms. The van der Waals surface area contributed by atoms with Gasteiger partial charge in [0.2, 0.25) is 21.8 Å². The number of carbonyl (C=O) groups is 2. The fraction of sp³-hybridized carbons (Fsp3) is 0.391. The van der Waals surface area contributed by atoms with Crippen molar-refractivity contribution in [2.75, 3.05) is 24.2 Å². The molecule has 2 aromatic rings. The molecule has 9 heteroatoms. The SMILES string of the molecule is CNC(=O)[C@@H](C)N(Cc1ccccc1Cl)C(=O)CN(c1ccc(C(C)C)cc1)S(C)(=O)=O. The van der Waals surface area contributed by atoms with Gasteiger partial charge in [-0.1, -0.05) is 55.8 Å². The summed E-state index contributed by atoms with van der Waals surface area (Å²) in [5, 5.41) is 2.99. The second-order valence-electron chi connectivity index (χ2n) is 7.92. The first kappa shape index (κ1) is 25.7. The summed E-state index contributed by atoms with van der Waals surface area (Å²) in [5.74, 6) is -0.589. The van der Waals surface area contributed by atoms with Crippen molar-refractivity contribution >= 4 is 39.1 Å². The molecule has 174 valence electrons. The fourth-order valence-corrected chi connectivity index (χ4v) is 4.29. The van der Waals surface area contributed by atoms with Crippen LogP contribution < -0.4 is 9.62 Å². The molecule has 0 fully saturated rings. The van der Waals surface area contributed by atoms with Crippen molar-refractivity contribution < 1.29 is 18.0 Å². The van der Waals surface area contributed by atoms with Crippen LogP contribution in [0.2, 0.25) is 5.02 Å². The summed E-state index contributed by atoms with van der Waals surface area (Å²) in [6.07, 6.45) is 1.05. The number of anilines is 1. The molecule has 0 bridgehead atoms. The summed E-state index contributed by atoms with van der Waals surface area (Å²) in [4.78, 5) is 27.0. The molecule has 0 saturated carbocycles. The van der Waals surface area contributed by atoms with Gasteiger partial charge >= 0.3 is 0 Å². The molecule has 2 amide bonds. The van der Waals surface area contributed by atoms with Gasteiger partial charge in [-0.15, -0.1) is 0 Å². The van der Waals surface area contributed by atoms with Crippen LogP contribution in [0.3, 0.4) is 0 Å². The number of hydrogen-bond acceptors (Lipinski definition) is 4. The molecule has 32 heavy (non-hydrogen) atoms. The molecule has 0 heterocycles. The molecule has 7 nitrogen and oxygen atoms in total. The zero-order valence-corrected chi connectivity index (χ0v) is 20.6. The Balaban J connectivity index is 2.38. The number of rotatable bonds is 9. The highest BCUT2D eigenvalue weighted by molar-refractivity contribution is 7.92. The second-order valence-corrected chi connectivity index (χ2v) is 10.2. The van der Waals surface area contributed by atoms with Crippen LogP contribution in [0.4, 0.5) is 5.69 Å². The van der Waals surface area contributed by atoms with E-state index in [2.05, 4.69) is 5.32 Å². The molecule has 1 N–H and O–H groups in total. The molecule has 2 aromatic carbocycles. The average Bonchev–Trinajstić information content (AvgIpc) is 2.75. The van der Waals surface area contributed by atoms with E-state index in [-0.39, 0.29) is 18.4 Å². The summed E-state index contributed by atoms with van der Waals surface area (Å²) >= 11 is 6.26. The van der Waals surface area contributed by atoms with Crippen LogP contribution in [-0.4, -0.2) is 51.0 Å². The van der Waals surface area contributed by atoms with E-state index in [1.165, 1.54) is 11.9 Å². The van der Waals surface area contributed by atoms with Gasteiger partial charge < -0.3 is 10.2 Å². The van der Waals surface area contributed by atoms with E-state index in [0.717, 1.165) is 16.1 Å². The highest BCUT2D eigenvalue weighted by atomic mass is 35.5. The van der Waals surface area contributed by atoms with E-state index in [9.17, 15) is 18.0 Å². The van der Waals surface area contributed by atoms with Gasteiger partial charge in [0, 0.05) is 18.6 Å². The molecule has 0 radical (unpaired) electrons. The predicted molar refractivity (Wildman–Crippen MR) is 128 cm³/mol. The number of likely N-dealkylation sites (N-methyl/N-ethyl adjacent to an activating group) is 1. The van der Waals surface area contributed by atoms with Crippen LogP contribution in [0.5, 0.6) is 0 Å². The van der Waals surface area contributed by atoms with E-state index in [4.69, 9.17) is 11.6 Å². The summed E-state index contributed by atoms with van der Waals surface area (Å²) in [7, 11) is -2.27. The number of benzene rings is 2. The van der Waals surface area contributed by atoms with Crippen molar-refractivity contribution in [2.45, 2.75) is 39.3 Å². The zero-order valence-electron chi connectivity index (χ0n) is 19.0. The molecule has 0 unspecified atom stereocenters. The van der Waals surface area contributed by atoms with Gasteiger partial charge in [0.1, 0.15) is 12.6 Å². The Hall–Kier alpha value is -2.58. The van der Waals surface area contributed by atoms with Crippen LogP contribution in [-0.2, 0) is 26.2 Å². The van der Waals surface area contributed by atoms with Crippen molar-refractivity contribution in [2.24, 2.45) is 0 Å². The maximum absolute atomic E-state index is 13.3. The van der Waals surface area contributed by atoms with E-state index < -0.39 is 28.5 Å². The Kier molecular flexibility index (Phi) is 8.69. The van der Waals surface area contributed by atoms with Crippen molar-refractivity contribution in [3.63, 3.8) is 0 Å². The minimum absolute atomic E-state index is 0.0665. The number of nitrogens with one attached hydrogen (secondary N) is 1. The Morgan fingerprint density at radius 3 is 2.12 bits per heavy atom. The number of nitrogens with zero attached hydrogens (tertiary/aromatic N) is 2. The van der Waals surface area contributed by atoms with Gasteiger partial charge in [0.25, 0.3) is 0 Å². The smallest absolute Gasteiger partial charge is 0.244 e. The number of carbonyl (C=O) groups excluding carboxylic acids is 2. The van der Waals surface area contributed by atoms with Crippen molar-refractivity contribution in [1.82, 2.24) is 10.2 Å². The summed E-state index contributed by atoms with van der Waals surface area (Å²) in [6.45, 7) is 5.30. The van der Waals surface area contributed by atoms with Crippen molar-refractivity contribution in [3.05, 3.63) is 64.7 Å². The first-order valence-corrected chi connectivity index (χ1v) is 12.5. The third-order valence-electron chi connectivity index (χ3n) is 5.24. The van der Waals surface area contributed by atoms with Crippen LogP contribution >= 0.6 is 11.6 Å². The van der Waals surface area contributed by atoms with Gasteiger partial charge in [-0.25, -0.2) is 8.42 Å². The largest absolute Gasteiger partial charge is 0.357 e. The lowest BCUT2D eigenvalue weighted by atomic mass is 10.0. The number of sulfonamides is 1. The number of amides is 2. The molecule has 0 aliphatic rings. The lowest BCUT2D eigenvalue weighted by Crippen LogP contribution is -2.50. The van der Waals surface area contributed by atoms with Crippen LogP contribution in [0.25, 0.3) is 0 Å². The molecule has 0 aromatic heterocycles. The maximum atomic E-state index is 13.3. The standard InChI is InChI=1S/C23H30ClN3O4S/c1-16(2)18-10-12-20(13-11-18)27(32(5,30)31)15-22(28)26(17(3)23(29)25-4)14-19-8-6-7-9-21(19)24/h6-13,16-17H,14-15H2,1-5H3,(H,25,29)/t17-/m1/s1. The Labute approximate surface area is 195 Å². The zero-order chi connectivity index (χ0) is 24.1. The Morgan fingerprint density at radius 2 is 1.62 bits per heavy atom. The van der Waals surface area contributed by atoms with Crippen LogP contribution in [0, 0.1) is 0 Å². The Bertz CT molecular complexity index is 1060. The monoisotopic (exact) mass is 479 g/mol. The quantitative estimate of drug-likeness (QED) is 0.597. The van der Waals surface area contributed by atoms with Crippen molar-refractivity contribution in [3.8, 4) is 0 Å². The molecule has 0 saturated heterocycles. The van der Waals surface area contributed by atoms with Gasteiger partial charge in [-0.05, 0) is 42.2 Å².